The zero-order valence-corrected chi connectivity index (χ0v) is 27.4. The third-order valence-corrected chi connectivity index (χ3v) is 10.2. The maximum atomic E-state index is 5.48. The van der Waals surface area contributed by atoms with Gasteiger partial charge >= 0.3 is 0 Å². The monoisotopic (exact) mass is 642 g/mol. The Balaban J connectivity index is 1.33. The Bertz CT molecular complexity index is 2460. The molecular weight excluding hydrogens is 613 g/mol. The van der Waals surface area contributed by atoms with Crippen LogP contribution < -0.4 is 0 Å². The highest BCUT2D eigenvalue weighted by atomic mass is 32.1. The molecule has 0 radical (unpaired) electrons. The highest BCUT2D eigenvalue weighted by Crippen LogP contribution is 2.42. The molecule has 0 atom stereocenters. The molecule has 9 aromatic rings. The van der Waals surface area contributed by atoms with E-state index in [9.17, 15) is 0 Å². The maximum absolute atomic E-state index is 5.48. The number of aromatic nitrogens is 2. The Kier molecular flexibility index (Phi) is 7.38. The topological polar surface area (TPSA) is 25.8 Å². The van der Waals surface area contributed by atoms with E-state index in [4.69, 9.17) is 9.97 Å². The van der Waals surface area contributed by atoms with Crippen LogP contribution in [0.15, 0.2) is 182 Å². The normalized spacial score (nSPS) is 11.3. The average Bonchev–Trinajstić information content (AvgIpc) is 3.57. The molecule has 0 saturated carbocycles. The third kappa shape index (κ3) is 5.61. The highest BCUT2D eigenvalue weighted by Gasteiger charge is 2.19. The van der Waals surface area contributed by atoms with E-state index in [0.29, 0.717) is 5.82 Å². The summed E-state index contributed by atoms with van der Waals surface area (Å²) in [4.78, 5) is 10.8. The molecule has 3 heteroatoms. The van der Waals surface area contributed by atoms with Crippen molar-refractivity contribution in [2.24, 2.45) is 0 Å². The van der Waals surface area contributed by atoms with E-state index in [1.165, 1.54) is 15.8 Å². The van der Waals surface area contributed by atoms with E-state index in [1.54, 1.807) is 11.3 Å². The Morgan fingerprint density at radius 3 is 1.18 bits per heavy atom. The van der Waals surface area contributed by atoms with E-state index < -0.39 is 0 Å². The quantitative estimate of drug-likeness (QED) is 0.180. The Morgan fingerprint density at radius 1 is 0.327 bits per heavy atom. The zero-order chi connectivity index (χ0) is 32.6. The summed E-state index contributed by atoms with van der Waals surface area (Å²) in [6, 6.07) is 64.5. The van der Waals surface area contributed by atoms with E-state index in [1.807, 2.05) is 0 Å². The summed E-state index contributed by atoms with van der Waals surface area (Å²) in [6.07, 6.45) is 0. The van der Waals surface area contributed by atoms with Crippen LogP contribution in [0.2, 0.25) is 0 Å². The van der Waals surface area contributed by atoms with Gasteiger partial charge in [0.1, 0.15) is 0 Å². The van der Waals surface area contributed by atoms with Crippen LogP contribution in [-0.4, -0.2) is 9.97 Å². The van der Waals surface area contributed by atoms with Crippen LogP contribution in [0, 0.1) is 0 Å². The molecule has 49 heavy (non-hydrogen) atoms. The molecular formula is C46H30N2S. The van der Waals surface area contributed by atoms with Crippen LogP contribution in [0.5, 0.6) is 0 Å². The van der Waals surface area contributed by atoms with Crippen LogP contribution in [0.3, 0.4) is 0 Å². The van der Waals surface area contributed by atoms with Gasteiger partial charge in [-0.3, -0.25) is 0 Å². The van der Waals surface area contributed by atoms with Crippen molar-refractivity contribution in [3.05, 3.63) is 182 Å². The fourth-order valence-corrected chi connectivity index (χ4v) is 7.78. The zero-order valence-electron chi connectivity index (χ0n) is 26.6. The molecule has 0 bridgehead atoms. The van der Waals surface area contributed by atoms with Crippen molar-refractivity contribution >= 4 is 31.6 Å². The fraction of sp³-hybridized carbons (Fsp3) is 0. The van der Waals surface area contributed by atoms with Gasteiger partial charge in [-0.1, -0.05) is 140 Å². The SMILES string of the molecule is c1ccc(-c2cc(-c3ccccc3)cc(-c3nc(-c4cc(-c5ccccc5)cc(-c5ccccc5)c4)c4sc5ccccc5c4n3)c2)cc1. The molecule has 2 heterocycles. The number of hydrogen-bond acceptors (Lipinski definition) is 3. The third-order valence-electron chi connectivity index (χ3n) is 9.05. The van der Waals surface area contributed by atoms with Gasteiger partial charge in [0, 0.05) is 21.2 Å². The first kappa shape index (κ1) is 29.0. The summed E-state index contributed by atoms with van der Waals surface area (Å²) in [7, 11) is 0. The summed E-state index contributed by atoms with van der Waals surface area (Å²) in [5.41, 5.74) is 13.2. The first-order chi connectivity index (χ1) is 24.3. The fourth-order valence-electron chi connectivity index (χ4n) is 6.63. The summed E-state index contributed by atoms with van der Waals surface area (Å²) in [5.74, 6) is 0.715. The van der Waals surface area contributed by atoms with Crippen molar-refractivity contribution in [3.8, 4) is 67.2 Å². The Hall–Kier alpha value is -6.16. The second-order valence-electron chi connectivity index (χ2n) is 12.2. The molecule has 9 rings (SSSR count). The number of hydrogen-bond donors (Lipinski definition) is 0. The van der Waals surface area contributed by atoms with Crippen molar-refractivity contribution in [1.82, 2.24) is 9.97 Å². The van der Waals surface area contributed by atoms with Crippen LogP contribution in [0.4, 0.5) is 0 Å². The lowest BCUT2D eigenvalue weighted by atomic mass is 9.94. The first-order valence-electron chi connectivity index (χ1n) is 16.5. The molecule has 7 aromatic carbocycles. The van der Waals surface area contributed by atoms with Gasteiger partial charge in [0.25, 0.3) is 0 Å². The largest absolute Gasteiger partial charge is 0.226 e. The molecule has 0 aliphatic rings. The van der Waals surface area contributed by atoms with E-state index >= 15 is 0 Å². The molecule has 0 N–H and O–H groups in total. The van der Waals surface area contributed by atoms with Crippen molar-refractivity contribution in [3.63, 3.8) is 0 Å². The van der Waals surface area contributed by atoms with Crippen molar-refractivity contribution in [1.29, 1.82) is 0 Å². The molecule has 2 aromatic heterocycles. The summed E-state index contributed by atoms with van der Waals surface area (Å²) >= 11 is 1.77. The minimum absolute atomic E-state index is 0.715. The number of benzene rings is 7. The number of thiophene rings is 1. The van der Waals surface area contributed by atoms with Crippen LogP contribution in [0.1, 0.15) is 0 Å². The van der Waals surface area contributed by atoms with E-state index in [2.05, 4.69) is 182 Å². The Labute approximate surface area is 289 Å². The summed E-state index contributed by atoms with van der Waals surface area (Å²) in [6.45, 7) is 0. The Morgan fingerprint density at radius 2 is 0.714 bits per heavy atom. The minimum atomic E-state index is 0.715. The predicted molar refractivity (Wildman–Crippen MR) is 208 cm³/mol. The van der Waals surface area contributed by atoms with Gasteiger partial charge in [-0.05, 0) is 87.0 Å². The van der Waals surface area contributed by atoms with Gasteiger partial charge in [-0.15, -0.1) is 11.3 Å². The lowest BCUT2D eigenvalue weighted by molar-refractivity contribution is 1.24. The molecule has 0 aliphatic carbocycles. The maximum Gasteiger partial charge on any atom is 0.160 e. The van der Waals surface area contributed by atoms with Crippen LogP contribution in [0.25, 0.3) is 87.5 Å². The molecule has 0 spiro atoms. The van der Waals surface area contributed by atoms with Gasteiger partial charge in [0.15, 0.2) is 5.82 Å². The molecule has 0 unspecified atom stereocenters. The summed E-state index contributed by atoms with van der Waals surface area (Å²) < 4.78 is 2.30. The predicted octanol–water partition coefficient (Wildman–Crippen LogP) is 12.8. The molecule has 0 aliphatic heterocycles. The number of nitrogens with zero attached hydrogens (tertiary/aromatic N) is 2. The van der Waals surface area contributed by atoms with E-state index in [-0.39, 0.29) is 0 Å². The second-order valence-corrected chi connectivity index (χ2v) is 13.3. The number of rotatable bonds is 6. The van der Waals surface area contributed by atoms with Crippen molar-refractivity contribution in [2.75, 3.05) is 0 Å². The van der Waals surface area contributed by atoms with Crippen LogP contribution in [-0.2, 0) is 0 Å². The lowest BCUT2D eigenvalue weighted by Gasteiger charge is -2.14. The van der Waals surface area contributed by atoms with Gasteiger partial charge in [-0.2, -0.15) is 0 Å². The van der Waals surface area contributed by atoms with Crippen molar-refractivity contribution < 1.29 is 0 Å². The molecule has 0 fully saturated rings. The smallest absolute Gasteiger partial charge is 0.160 e. The lowest BCUT2D eigenvalue weighted by Crippen LogP contribution is -1.96. The van der Waals surface area contributed by atoms with Crippen LogP contribution >= 0.6 is 11.3 Å². The van der Waals surface area contributed by atoms with Gasteiger partial charge < -0.3 is 0 Å². The molecule has 0 saturated heterocycles. The second kappa shape index (κ2) is 12.5. The van der Waals surface area contributed by atoms with Gasteiger partial charge in [0.2, 0.25) is 0 Å². The minimum Gasteiger partial charge on any atom is -0.226 e. The van der Waals surface area contributed by atoms with Crippen molar-refractivity contribution in [2.45, 2.75) is 0 Å². The molecule has 230 valence electrons. The highest BCUT2D eigenvalue weighted by molar-refractivity contribution is 7.26. The van der Waals surface area contributed by atoms with Gasteiger partial charge in [-0.25, -0.2) is 9.97 Å². The molecule has 0 amide bonds. The summed E-state index contributed by atoms with van der Waals surface area (Å²) in [5, 5.41) is 1.15. The van der Waals surface area contributed by atoms with E-state index in [0.717, 1.165) is 65.8 Å². The number of fused-ring (bicyclic) bond motifs is 3. The molecule has 2 nitrogen and oxygen atoms in total. The van der Waals surface area contributed by atoms with Gasteiger partial charge in [0.05, 0.1) is 15.9 Å². The average molecular weight is 643 g/mol. The standard InChI is InChI=1S/C46H30N2S/c1-5-15-31(16-6-1)35-25-36(32-17-7-2-8-18-32)28-39(27-35)43-45-44(41-23-13-14-24-42(41)49-45)48-46(47-43)40-29-37(33-19-9-3-10-20-33)26-38(30-40)34-21-11-4-12-22-34/h1-30H. The first-order valence-corrected chi connectivity index (χ1v) is 17.3.